The van der Waals surface area contributed by atoms with Gasteiger partial charge in [-0.3, -0.25) is 9.78 Å². The molecule has 3 aromatic heterocycles. The second-order valence-electron chi connectivity index (χ2n) is 6.21. The number of nitrogens with one attached hydrogen (secondary N) is 1. The lowest BCUT2D eigenvalue weighted by molar-refractivity contribution is 0.0714. The zero-order chi connectivity index (χ0) is 18.5. The minimum absolute atomic E-state index is 0.0764. The molecule has 4 heterocycles. The first-order valence-corrected chi connectivity index (χ1v) is 8.83. The summed E-state index contributed by atoms with van der Waals surface area (Å²) in [6.07, 6.45) is 6.84. The monoisotopic (exact) mass is 364 g/mol. The third kappa shape index (κ3) is 4.05. The second kappa shape index (κ2) is 7.86. The van der Waals surface area contributed by atoms with Crippen molar-refractivity contribution in [3.63, 3.8) is 0 Å². The fourth-order valence-corrected chi connectivity index (χ4v) is 2.96. The minimum atomic E-state index is -0.0764. The summed E-state index contributed by atoms with van der Waals surface area (Å²) in [5, 5.41) is 3.29. The Balaban J connectivity index is 1.35. The van der Waals surface area contributed by atoms with E-state index in [0.717, 1.165) is 11.4 Å². The second-order valence-corrected chi connectivity index (χ2v) is 6.21. The number of pyridine rings is 1. The average Bonchev–Trinajstić information content (AvgIpc) is 3.28. The van der Waals surface area contributed by atoms with Crippen molar-refractivity contribution in [3.8, 4) is 0 Å². The van der Waals surface area contributed by atoms with Crippen LogP contribution in [0.25, 0.3) is 0 Å². The summed E-state index contributed by atoms with van der Waals surface area (Å²) in [6, 6.07) is 9.18. The van der Waals surface area contributed by atoms with Gasteiger partial charge in [0.25, 0.3) is 5.91 Å². The Hall–Kier alpha value is -3.42. The molecule has 0 radical (unpaired) electrons. The number of hydrogen-bond donors (Lipinski definition) is 1. The summed E-state index contributed by atoms with van der Waals surface area (Å²) in [4.78, 5) is 29.3. The summed E-state index contributed by atoms with van der Waals surface area (Å²) < 4.78 is 5.20. The van der Waals surface area contributed by atoms with Gasteiger partial charge >= 0.3 is 0 Å². The van der Waals surface area contributed by atoms with Crippen LogP contribution < -0.4 is 10.2 Å². The smallest absolute Gasteiger partial charge is 0.289 e. The molecule has 8 heteroatoms. The van der Waals surface area contributed by atoms with Crippen molar-refractivity contribution in [2.24, 2.45) is 0 Å². The number of nitrogens with zero attached hydrogens (tertiary/aromatic N) is 5. The number of carbonyl (C=O) groups is 1. The predicted octanol–water partition coefficient (Wildman–Crippen LogP) is 2.04. The van der Waals surface area contributed by atoms with Crippen molar-refractivity contribution in [1.82, 2.24) is 19.9 Å². The molecule has 0 atom stereocenters. The van der Waals surface area contributed by atoms with E-state index in [1.165, 1.54) is 6.26 Å². The van der Waals surface area contributed by atoms with Crippen LogP contribution in [0.15, 0.2) is 59.6 Å². The maximum atomic E-state index is 12.3. The molecule has 0 spiro atoms. The standard InChI is InChI=1S/C19H20N6O2/c26-18(16-4-2-12-27-16)24-8-10-25(11-9-24)19-21-7-5-17(23-19)22-14-15-3-1-6-20-13-15/h1-7,12-13H,8-11,14H2,(H,21,22,23). The van der Waals surface area contributed by atoms with E-state index in [1.807, 2.05) is 24.4 Å². The summed E-state index contributed by atoms with van der Waals surface area (Å²) >= 11 is 0. The highest BCUT2D eigenvalue weighted by Gasteiger charge is 2.24. The zero-order valence-corrected chi connectivity index (χ0v) is 14.8. The molecule has 4 rings (SSSR count). The molecule has 138 valence electrons. The number of furan rings is 1. The average molecular weight is 364 g/mol. The minimum Gasteiger partial charge on any atom is -0.459 e. The largest absolute Gasteiger partial charge is 0.459 e. The molecule has 27 heavy (non-hydrogen) atoms. The van der Waals surface area contributed by atoms with E-state index in [0.29, 0.717) is 44.4 Å². The Morgan fingerprint density at radius 1 is 1.11 bits per heavy atom. The number of hydrogen-bond acceptors (Lipinski definition) is 7. The van der Waals surface area contributed by atoms with Gasteiger partial charge in [0.05, 0.1) is 6.26 Å². The third-order valence-corrected chi connectivity index (χ3v) is 4.42. The van der Waals surface area contributed by atoms with Gasteiger partial charge in [0.15, 0.2) is 5.76 Å². The molecule has 0 aromatic carbocycles. The van der Waals surface area contributed by atoms with Crippen LogP contribution in [-0.4, -0.2) is 51.9 Å². The van der Waals surface area contributed by atoms with Gasteiger partial charge in [-0.05, 0) is 29.8 Å². The van der Waals surface area contributed by atoms with E-state index in [4.69, 9.17) is 4.42 Å². The van der Waals surface area contributed by atoms with E-state index in [2.05, 4.69) is 25.2 Å². The van der Waals surface area contributed by atoms with Gasteiger partial charge in [-0.2, -0.15) is 4.98 Å². The molecule has 8 nitrogen and oxygen atoms in total. The van der Waals surface area contributed by atoms with Crippen LogP contribution in [0, 0.1) is 0 Å². The van der Waals surface area contributed by atoms with Crippen LogP contribution in [0.4, 0.5) is 11.8 Å². The van der Waals surface area contributed by atoms with Crippen molar-refractivity contribution < 1.29 is 9.21 Å². The number of anilines is 2. The van der Waals surface area contributed by atoms with E-state index >= 15 is 0 Å². The van der Waals surface area contributed by atoms with Crippen molar-refractivity contribution >= 4 is 17.7 Å². The SMILES string of the molecule is O=C(c1ccco1)N1CCN(c2nccc(NCc3cccnc3)n2)CC1. The molecule has 1 saturated heterocycles. The molecule has 0 unspecified atom stereocenters. The summed E-state index contributed by atoms with van der Waals surface area (Å²) in [7, 11) is 0. The zero-order valence-electron chi connectivity index (χ0n) is 14.8. The molecule has 1 aliphatic rings. The molecule has 1 aliphatic heterocycles. The molecular weight excluding hydrogens is 344 g/mol. The fourth-order valence-electron chi connectivity index (χ4n) is 2.96. The number of piperazine rings is 1. The highest BCUT2D eigenvalue weighted by Crippen LogP contribution is 2.15. The molecule has 0 aliphatic carbocycles. The first-order valence-electron chi connectivity index (χ1n) is 8.83. The van der Waals surface area contributed by atoms with Gasteiger partial charge in [0.1, 0.15) is 5.82 Å². The number of rotatable bonds is 5. The summed E-state index contributed by atoms with van der Waals surface area (Å²) in [6.45, 7) is 3.22. The Bertz CT molecular complexity index is 876. The number of aromatic nitrogens is 3. The lowest BCUT2D eigenvalue weighted by Gasteiger charge is -2.34. The Labute approximate surface area is 156 Å². The lowest BCUT2D eigenvalue weighted by Crippen LogP contribution is -2.49. The summed E-state index contributed by atoms with van der Waals surface area (Å²) in [5.41, 5.74) is 1.09. The van der Waals surface area contributed by atoms with Crippen LogP contribution in [0.2, 0.25) is 0 Å². The first kappa shape index (κ1) is 17.0. The maximum Gasteiger partial charge on any atom is 0.289 e. The topological polar surface area (TPSA) is 87.4 Å². The lowest BCUT2D eigenvalue weighted by atomic mass is 10.3. The quantitative estimate of drug-likeness (QED) is 0.741. The van der Waals surface area contributed by atoms with Gasteiger partial charge in [0, 0.05) is 51.3 Å². The highest BCUT2D eigenvalue weighted by molar-refractivity contribution is 5.91. The van der Waals surface area contributed by atoms with E-state index in [1.54, 1.807) is 29.4 Å². The van der Waals surface area contributed by atoms with E-state index < -0.39 is 0 Å². The Morgan fingerprint density at radius 3 is 2.74 bits per heavy atom. The first-order chi connectivity index (χ1) is 13.3. The van der Waals surface area contributed by atoms with E-state index in [9.17, 15) is 4.79 Å². The van der Waals surface area contributed by atoms with E-state index in [-0.39, 0.29) is 5.91 Å². The molecule has 0 bridgehead atoms. The van der Waals surface area contributed by atoms with Crippen molar-refractivity contribution in [3.05, 3.63) is 66.5 Å². The third-order valence-electron chi connectivity index (χ3n) is 4.42. The highest BCUT2D eigenvalue weighted by atomic mass is 16.3. The fraction of sp³-hybridized carbons (Fsp3) is 0.263. The summed E-state index contributed by atoms with van der Waals surface area (Å²) in [5.74, 6) is 1.72. The van der Waals surface area contributed by atoms with Gasteiger partial charge in [-0.1, -0.05) is 6.07 Å². The van der Waals surface area contributed by atoms with Gasteiger partial charge in [-0.25, -0.2) is 4.98 Å². The van der Waals surface area contributed by atoms with Crippen LogP contribution in [0.5, 0.6) is 0 Å². The number of amides is 1. The Morgan fingerprint density at radius 2 is 2.00 bits per heavy atom. The molecule has 3 aromatic rings. The number of carbonyl (C=O) groups excluding carboxylic acids is 1. The van der Waals surface area contributed by atoms with Gasteiger partial charge in [0.2, 0.25) is 5.95 Å². The van der Waals surface area contributed by atoms with Crippen LogP contribution in [0.1, 0.15) is 16.1 Å². The molecule has 1 fully saturated rings. The van der Waals surface area contributed by atoms with Crippen LogP contribution >= 0.6 is 0 Å². The van der Waals surface area contributed by atoms with Crippen LogP contribution in [0.3, 0.4) is 0 Å². The molecule has 1 N–H and O–H groups in total. The molecular formula is C19H20N6O2. The Kier molecular flexibility index (Phi) is 4.95. The van der Waals surface area contributed by atoms with Crippen LogP contribution in [-0.2, 0) is 6.54 Å². The van der Waals surface area contributed by atoms with Gasteiger partial charge < -0.3 is 19.5 Å². The van der Waals surface area contributed by atoms with Gasteiger partial charge in [-0.15, -0.1) is 0 Å². The van der Waals surface area contributed by atoms with Crippen molar-refractivity contribution in [1.29, 1.82) is 0 Å². The molecule has 1 amide bonds. The van der Waals surface area contributed by atoms with Crippen molar-refractivity contribution in [2.75, 3.05) is 36.4 Å². The predicted molar refractivity (Wildman–Crippen MR) is 100 cm³/mol. The molecule has 0 saturated carbocycles. The normalized spacial score (nSPS) is 14.2. The van der Waals surface area contributed by atoms with Crippen molar-refractivity contribution in [2.45, 2.75) is 6.54 Å². The maximum absolute atomic E-state index is 12.3.